The SMILES string of the molecule is C=C(C)N=C/C(C)=C\N. The van der Waals surface area contributed by atoms with Gasteiger partial charge in [-0.1, -0.05) is 6.58 Å². The third kappa shape index (κ3) is 4.81. The van der Waals surface area contributed by atoms with Gasteiger partial charge in [0.05, 0.1) is 0 Å². The predicted molar refractivity (Wildman–Crippen MR) is 41.3 cm³/mol. The normalized spacial score (nSPS) is 12.4. The van der Waals surface area contributed by atoms with Crippen molar-refractivity contribution in [1.82, 2.24) is 0 Å². The second-order valence-electron chi connectivity index (χ2n) is 1.90. The average Bonchev–Trinajstić information content (AvgIpc) is 1.83. The van der Waals surface area contributed by atoms with Gasteiger partial charge in [-0.3, -0.25) is 4.99 Å². The Morgan fingerprint density at radius 1 is 1.56 bits per heavy atom. The molecule has 0 rings (SSSR count). The number of aliphatic imine (C=N–C) groups is 1. The summed E-state index contributed by atoms with van der Waals surface area (Å²) in [5, 5.41) is 0. The van der Waals surface area contributed by atoms with E-state index in [2.05, 4.69) is 11.6 Å². The van der Waals surface area contributed by atoms with Crippen LogP contribution >= 0.6 is 0 Å². The zero-order valence-electron chi connectivity index (χ0n) is 5.89. The third-order valence-corrected chi connectivity index (χ3v) is 0.751. The highest BCUT2D eigenvalue weighted by molar-refractivity contribution is 5.78. The van der Waals surface area contributed by atoms with Crippen LogP contribution < -0.4 is 5.73 Å². The molecule has 0 aliphatic rings. The molecule has 0 amide bonds. The lowest BCUT2D eigenvalue weighted by atomic mass is 10.4. The van der Waals surface area contributed by atoms with Gasteiger partial charge in [0.25, 0.3) is 0 Å². The lowest BCUT2D eigenvalue weighted by Gasteiger charge is -1.86. The molecule has 0 aliphatic heterocycles. The molecule has 0 fully saturated rings. The van der Waals surface area contributed by atoms with E-state index in [1.807, 2.05) is 13.8 Å². The predicted octanol–water partition coefficient (Wildman–Crippen LogP) is 1.45. The number of rotatable bonds is 2. The fourth-order valence-corrected chi connectivity index (χ4v) is 0.255. The highest BCUT2D eigenvalue weighted by Crippen LogP contribution is 1.89. The monoisotopic (exact) mass is 124 g/mol. The summed E-state index contributed by atoms with van der Waals surface area (Å²) in [7, 11) is 0. The number of allylic oxidation sites excluding steroid dienone is 2. The number of nitrogens with two attached hydrogens (primary N) is 1. The molecule has 0 atom stereocenters. The van der Waals surface area contributed by atoms with Gasteiger partial charge in [-0.15, -0.1) is 0 Å². The van der Waals surface area contributed by atoms with E-state index in [0.717, 1.165) is 11.3 Å². The molecule has 9 heavy (non-hydrogen) atoms. The van der Waals surface area contributed by atoms with Crippen LogP contribution in [0.5, 0.6) is 0 Å². The minimum atomic E-state index is 0.788. The van der Waals surface area contributed by atoms with E-state index < -0.39 is 0 Å². The van der Waals surface area contributed by atoms with Crippen molar-refractivity contribution in [1.29, 1.82) is 0 Å². The third-order valence-electron chi connectivity index (χ3n) is 0.751. The van der Waals surface area contributed by atoms with Gasteiger partial charge in [0.1, 0.15) is 0 Å². The van der Waals surface area contributed by atoms with E-state index in [-0.39, 0.29) is 0 Å². The molecule has 0 bridgehead atoms. The van der Waals surface area contributed by atoms with E-state index in [9.17, 15) is 0 Å². The first-order chi connectivity index (χ1) is 4.16. The van der Waals surface area contributed by atoms with Crippen LogP contribution in [0.1, 0.15) is 13.8 Å². The van der Waals surface area contributed by atoms with Crippen molar-refractivity contribution >= 4 is 6.21 Å². The van der Waals surface area contributed by atoms with E-state index >= 15 is 0 Å². The largest absolute Gasteiger partial charge is 0.404 e. The Morgan fingerprint density at radius 2 is 2.11 bits per heavy atom. The molecule has 2 nitrogen and oxygen atoms in total. The molecular formula is C7H12N2. The fourth-order valence-electron chi connectivity index (χ4n) is 0.255. The van der Waals surface area contributed by atoms with Gasteiger partial charge < -0.3 is 5.73 Å². The summed E-state index contributed by atoms with van der Waals surface area (Å²) in [6, 6.07) is 0. The van der Waals surface area contributed by atoms with Gasteiger partial charge >= 0.3 is 0 Å². The molecule has 0 unspecified atom stereocenters. The van der Waals surface area contributed by atoms with Crippen molar-refractivity contribution < 1.29 is 0 Å². The zero-order valence-corrected chi connectivity index (χ0v) is 5.89. The van der Waals surface area contributed by atoms with Crippen LogP contribution in [0.15, 0.2) is 29.0 Å². The first kappa shape index (κ1) is 7.95. The van der Waals surface area contributed by atoms with E-state index in [4.69, 9.17) is 5.73 Å². The van der Waals surface area contributed by atoms with Crippen LogP contribution in [-0.2, 0) is 0 Å². The van der Waals surface area contributed by atoms with E-state index in [0.29, 0.717) is 0 Å². The molecule has 0 spiro atoms. The second-order valence-corrected chi connectivity index (χ2v) is 1.90. The Kier molecular flexibility index (Phi) is 3.44. The van der Waals surface area contributed by atoms with E-state index in [1.54, 1.807) is 6.21 Å². The summed E-state index contributed by atoms with van der Waals surface area (Å²) in [5.41, 5.74) is 6.91. The molecule has 0 saturated heterocycles. The minimum absolute atomic E-state index is 0.788. The van der Waals surface area contributed by atoms with Crippen LogP contribution in [0.2, 0.25) is 0 Å². The van der Waals surface area contributed by atoms with Crippen molar-refractivity contribution in [3.8, 4) is 0 Å². The molecule has 0 aromatic carbocycles. The highest BCUT2D eigenvalue weighted by atomic mass is 14.7. The Labute approximate surface area is 55.8 Å². The number of nitrogens with zero attached hydrogens (tertiary/aromatic N) is 1. The Bertz CT molecular complexity index is 154. The summed E-state index contributed by atoms with van der Waals surface area (Å²) < 4.78 is 0. The van der Waals surface area contributed by atoms with Crippen molar-refractivity contribution in [2.24, 2.45) is 10.7 Å². The van der Waals surface area contributed by atoms with Crippen LogP contribution in [-0.4, -0.2) is 6.21 Å². The van der Waals surface area contributed by atoms with Crippen LogP contribution in [0.25, 0.3) is 0 Å². The topological polar surface area (TPSA) is 38.4 Å². The molecule has 0 aliphatic carbocycles. The maximum Gasteiger partial charge on any atom is 0.0314 e. The van der Waals surface area contributed by atoms with Gasteiger partial charge in [0.2, 0.25) is 0 Å². The van der Waals surface area contributed by atoms with Crippen LogP contribution in [0.3, 0.4) is 0 Å². The summed E-state index contributed by atoms with van der Waals surface area (Å²) in [6.45, 7) is 7.31. The maximum atomic E-state index is 5.18. The Hall–Kier alpha value is -1.05. The van der Waals surface area contributed by atoms with Crippen molar-refractivity contribution in [3.63, 3.8) is 0 Å². The maximum absolute atomic E-state index is 5.18. The first-order valence-corrected chi connectivity index (χ1v) is 2.75. The quantitative estimate of drug-likeness (QED) is 0.556. The molecule has 50 valence electrons. The molecule has 2 N–H and O–H groups in total. The molecular weight excluding hydrogens is 112 g/mol. The average molecular weight is 124 g/mol. The van der Waals surface area contributed by atoms with Crippen molar-refractivity contribution in [2.75, 3.05) is 0 Å². The van der Waals surface area contributed by atoms with Crippen LogP contribution in [0, 0.1) is 0 Å². The van der Waals surface area contributed by atoms with Gasteiger partial charge in [0, 0.05) is 11.9 Å². The number of hydrogen-bond donors (Lipinski definition) is 1. The molecule has 0 aromatic rings. The molecule has 0 radical (unpaired) electrons. The summed E-state index contributed by atoms with van der Waals surface area (Å²) in [5.74, 6) is 0. The highest BCUT2D eigenvalue weighted by Gasteiger charge is 1.77. The second kappa shape index (κ2) is 3.89. The molecule has 0 saturated carbocycles. The molecule has 2 heteroatoms. The van der Waals surface area contributed by atoms with Crippen molar-refractivity contribution in [3.05, 3.63) is 24.0 Å². The first-order valence-electron chi connectivity index (χ1n) is 2.75. The summed E-state index contributed by atoms with van der Waals surface area (Å²) >= 11 is 0. The molecule has 0 aromatic heterocycles. The lowest BCUT2D eigenvalue weighted by molar-refractivity contribution is 1.33. The van der Waals surface area contributed by atoms with Gasteiger partial charge in [-0.05, 0) is 25.6 Å². The standard InChI is InChI=1S/C7H12N2/c1-6(2)9-5-7(3)4-8/h4-5H,1,8H2,2-3H3/b7-4-,9-5?. The Morgan fingerprint density at radius 3 is 2.44 bits per heavy atom. The lowest BCUT2D eigenvalue weighted by Crippen LogP contribution is -1.84. The van der Waals surface area contributed by atoms with Gasteiger partial charge in [0.15, 0.2) is 0 Å². The summed E-state index contributed by atoms with van der Waals surface area (Å²) in [6.07, 6.45) is 3.19. The minimum Gasteiger partial charge on any atom is -0.404 e. The zero-order chi connectivity index (χ0) is 7.28. The van der Waals surface area contributed by atoms with Crippen molar-refractivity contribution in [2.45, 2.75) is 13.8 Å². The van der Waals surface area contributed by atoms with E-state index in [1.165, 1.54) is 6.20 Å². The number of hydrogen-bond acceptors (Lipinski definition) is 2. The summed E-state index contributed by atoms with van der Waals surface area (Å²) in [4.78, 5) is 3.93. The van der Waals surface area contributed by atoms with Gasteiger partial charge in [-0.2, -0.15) is 0 Å². The van der Waals surface area contributed by atoms with Gasteiger partial charge in [-0.25, -0.2) is 0 Å². The Balaban J connectivity index is 3.86. The smallest absolute Gasteiger partial charge is 0.0314 e. The fraction of sp³-hybridized carbons (Fsp3) is 0.286. The molecule has 0 heterocycles. The van der Waals surface area contributed by atoms with Crippen LogP contribution in [0.4, 0.5) is 0 Å².